The lowest BCUT2D eigenvalue weighted by molar-refractivity contribution is -0.190. The first-order valence-corrected chi connectivity index (χ1v) is 6.85. The van der Waals surface area contributed by atoms with Crippen LogP contribution in [0.15, 0.2) is 29.4 Å². The van der Waals surface area contributed by atoms with Crippen molar-refractivity contribution in [2.75, 3.05) is 19.0 Å². The van der Waals surface area contributed by atoms with Crippen molar-refractivity contribution < 1.29 is 32.2 Å². The number of halogens is 4. The number of benzene rings is 1. The largest absolute Gasteiger partial charge is 0.497 e. The summed E-state index contributed by atoms with van der Waals surface area (Å²) in [5.74, 6) is -0.492. The fourth-order valence-electron chi connectivity index (χ4n) is 2.12. The third-order valence-electron chi connectivity index (χ3n) is 3.41. The molecule has 1 heterocycles. The van der Waals surface area contributed by atoms with Gasteiger partial charge < -0.3 is 15.2 Å². The van der Waals surface area contributed by atoms with E-state index >= 15 is 0 Å². The molecule has 2 rings (SSSR count). The van der Waals surface area contributed by atoms with E-state index in [0.29, 0.717) is 11.4 Å². The Morgan fingerprint density at radius 3 is 2.50 bits per heavy atom. The van der Waals surface area contributed by atoms with E-state index in [1.165, 1.54) is 7.11 Å². The van der Waals surface area contributed by atoms with Crippen LogP contribution in [0.3, 0.4) is 0 Å². The van der Waals surface area contributed by atoms with E-state index in [1.807, 2.05) is 0 Å². The lowest BCUT2D eigenvalue weighted by Gasteiger charge is -2.30. The summed E-state index contributed by atoms with van der Waals surface area (Å²) in [6.45, 7) is -0.513. The number of ether oxygens (including phenoxy) is 1. The number of rotatable bonds is 6. The van der Waals surface area contributed by atoms with Crippen molar-refractivity contribution in [3.8, 4) is 5.75 Å². The number of nitrogens with one attached hydrogen (secondary N) is 1. The summed E-state index contributed by atoms with van der Waals surface area (Å²) in [7, 11) is 1.48. The second kappa shape index (κ2) is 7.04. The van der Waals surface area contributed by atoms with Crippen molar-refractivity contribution in [3.63, 3.8) is 0 Å². The Hall–Kier alpha value is -2.36. The van der Waals surface area contributed by atoms with Crippen LogP contribution >= 0.6 is 0 Å². The summed E-state index contributed by atoms with van der Waals surface area (Å²) in [5, 5.41) is 15.7. The lowest BCUT2D eigenvalue weighted by Crippen LogP contribution is -2.53. The average Bonchev–Trinajstić information content (AvgIpc) is 2.93. The summed E-state index contributed by atoms with van der Waals surface area (Å²) in [6, 6.07) is 6.35. The number of nitrogens with zero attached hydrogens (tertiary/aromatic N) is 2. The molecule has 0 aliphatic carbocycles. The number of aliphatic hydroxyl groups is 1. The number of carbonyl (C=O) groups excluding carboxylic acids is 1. The molecule has 6 nitrogen and oxygen atoms in total. The zero-order chi connectivity index (χ0) is 17.9. The van der Waals surface area contributed by atoms with Gasteiger partial charge in [-0.25, -0.2) is 17.6 Å². The highest BCUT2D eigenvalue weighted by molar-refractivity contribution is 5.93. The SMILES string of the molecule is COc1ccc(NCC(=O)N2N=C(C(F)F)CC2(O)C(F)F)cc1. The van der Waals surface area contributed by atoms with Crippen LogP contribution in [0.4, 0.5) is 23.2 Å². The minimum atomic E-state index is -3.44. The van der Waals surface area contributed by atoms with E-state index in [1.54, 1.807) is 24.3 Å². The van der Waals surface area contributed by atoms with Crippen molar-refractivity contribution in [1.29, 1.82) is 0 Å². The molecule has 1 amide bonds. The molecule has 1 atom stereocenters. The van der Waals surface area contributed by atoms with E-state index in [4.69, 9.17) is 4.74 Å². The number of hydrogen-bond acceptors (Lipinski definition) is 5. The van der Waals surface area contributed by atoms with Gasteiger partial charge in [0.05, 0.1) is 13.7 Å². The monoisotopic (exact) mass is 349 g/mol. The number of amides is 1. The number of hydrazone groups is 1. The average molecular weight is 349 g/mol. The number of carbonyl (C=O) groups is 1. The van der Waals surface area contributed by atoms with Crippen LogP contribution in [0.2, 0.25) is 0 Å². The highest BCUT2D eigenvalue weighted by Gasteiger charge is 2.53. The molecule has 0 bridgehead atoms. The maximum atomic E-state index is 13.0. The van der Waals surface area contributed by atoms with Crippen LogP contribution in [0.25, 0.3) is 0 Å². The molecule has 1 aromatic carbocycles. The molecule has 1 aromatic rings. The Bertz CT molecular complexity index is 624. The number of hydrogen-bond donors (Lipinski definition) is 2. The van der Waals surface area contributed by atoms with Crippen molar-refractivity contribution in [2.24, 2.45) is 5.10 Å². The summed E-state index contributed by atoms with van der Waals surface area (Å²) in [4.78, 5) is 12.0. The highest BCUT2D eigenvalue weighted by Crippen LogP contribution is 2.33. The van der Waals surface area contributed by atoms with E-state index in [-0.39, 0.29) is 5.01 Å². The molecule has 24 heavy (non-hydrogen) atoms. The van der Waals surface area contributed by atoms with Crippen LogP contribution < -0.4 is 10.1 Å². The number of alkyl halides is 4. The summed E-state index contributed by atoms with van der Waals surface area (Å²) in [5.41, 5.74) is -3.55. The van der Waals surface area contributed by atoms with E-state index in [2.05, 4.69) is 10.4 Å². The number of methoxy groups -OCH3 is 1. The lowest BCUT2D eigenvalue weighted by atomic mass is 10.1. The topological polar surface area (TPSA) is 74.2 Å². The van der Waals surface area contributed by atoms with Gasteiger partial charge in [0.25, 0.3) is 18.8 Å². The summed E-state index contributed by atoms with van der Waals surface area (Å²) < 4.78 is 56.3. The molecule has 132 valence electrons. The minimum Gasteiger partial charge on any atom is -0.497 e. The van der Waals surface area contributed by atoms with Crippen LogP contribution in [0, 0.1) is 0 Å². The van der Waals surface area contributed by atoms with Crippen molar-refractivity contribution >= 4 is 17.3 Å². The van der Waals surface area contributed by atoms with Gasteiger partial charge in [0.1, 0.15) is 11.5 Å². The minimum absolute atomic E-state index is 0.0235. The number of anilines is 1. The van der Waals surface area contributed by atoms with Crippen LogP contribution in [0.1, 0.15) is 6.42 Å². The zero-order valence-electron chi connectivity index (χ0n) is 12.5. The van der Waals surface area contributed by atoms with Crippen LogP contribution in [-0.2, 0) is 4.79 Å². The predicted molar refractivity (Wildman–Crippen MR) is 77.3 cm³/mol. The molecule has 0 spiro atoms. The van der Waals surface area contributed by atoms with Gasteiger partial charge in [-0.05, 0) is 24.3 Å². The first kappa shape index (κ1) is 18.0. The first-order chi connectivity index (χ1) is 11.3. The second-order valence-corrected chi connectivity index (χ2v) is 5.04. The second-order valence-electron chi connectivity index (χ2n) is 5.04. The molecule has 0 saturated carbocycles. The van der Waals surface area contributed by atoms with Crippen molar-refractivity contribution in [1.82, 2.24) is 5.01 Å². The molecule has 0 saturated heterocycles. The molecule has 1 unspecified atom stereocenters. The standard InChI is InChI=1S/C14H15F4N3O3/c1-24-9-4-2-8(3-5-9)19-7-11(22)21-14(23,13(17)18)6-10(20-21)12(15)16/h2-5,12-13,19,23H,6-7H2,1H3. The molecule has 1 aliphatic rings. The van der Waals surface area contributed by atoms with Crippen LogP contribution in [-0.4, -0.2) is 54.0 Å². The maximum Gasteiger partial charge on any atom is 0.287 e. The highest BCUT2D eigenvalue weighted by atomic mass is 19.3. The van der Waals surface area contributed by atoms with Gasteiger partial charge in [-0.1, -0.05) is 0 Å². The van der Waals surface area contributed by atoms with Crippen molar-refractivity contribution in [2.45, 2.75) is 25.0 Å². The third kappa shape index (κ3) is 3.58. The molecule has 2 N–H and O–H groups in total. The molecular weight excluding hydrogens is 334 g/mol. The van der Waals surface area contributed by atoms with Crippen LogP contribution in [0.5, 0.6) is 5.75 Å². The summed E-state index contributed by atoms with van der Waals surface area (Å²) >= 11 is 0. The quantitative estimate of drug-likeness (QED) is 0.770. The molecule has 0 radical (unpaired) electrons. The molecule has 1 aliphatic heterocycles. The Morgan fingerprint density at radius 2 is 2.00 bits per heavy atom. The molecule has 10 heteroatoms. The van der Waals surface area contributed by atoms with Gasteiger partial charge in [0.2, 0.25) is 5.72 Å². The Labute approximate surface area is 134 Å². The van der Waals surface area contributed by atoms with Gasteiger partial charge in [0.15, 0.2) is 0 Å². The Morgan fingerprint density at radius 1 is 1.38 bits per heavy atom. The van der Waals surface area contributed by atoms with E-state index in [9.17, 15) is 27.5 Å². The van der Waals surface area contributed by atoms with E-state index < -0.39 is 43.2 Å². The predicted octanol–water partition coefficient (Wildman–Crippen LogP) is 1.91. The van der Waals surface area contributed by atoms with Gasteiger partial charge in [-0.15, -0.1) is 0 Å². The third-order valence-corrected chi connectivity index (χ3v) is 3.41. The molecular formula is C14H15F4N3O3. The summed E-state index contributed by atoms with van der Waals surface area (Å²) in [6.07, 6.45) is -7.68. The van der Waals surface area contributed by atoms with Gasteiger partial charge in [0, 0.05) is 12.1 Å². The van der Waals surface area contributed by atoms with Gasteiger partial charge >= 0.3 is 0 Å². The Balaban J connectivity index is 2.08. The fraction of sp³-hybridized carbons (Fsp3) is 0.429. The fourth-order valence-corrected chi connectivity index (χ4v) is 2.12. The molecule has 0 fully saturated rings. The maximum absolute atomic E-state index is 13.0. The normalized spacial score (nSPS) is 20.5. The van der Waals surface area contributed by atoms with Crippen molar-refractivity contribution in [3.05, 3.63) is 24.3 Å². The van der Waals surface area contributed by atoms with E-state index in [0.717, 1.165) is 0 Å². The van der Waals surface area contributed by atoms with Gasteiger partial charge in [-0.3, -0.25) is 4.79 Å². The van der Waals surface area contributed by atoms with Gasteiger partial charge in [-0.2, -0.15) is 10.1 Å². The zero-order valence-corrected chi connectivity index (χ0v) is 12.5. The molecule has 0 aromatic heterocycles. The first-order valence-electron chi connectivity index (χ1n) is 6.85. The Kier molecular flexibility index (Phi) is 5.27. The smallest absolute Gasteiger partial charge is 0.287 e.